The van der Waals surface area contributed by atoms with E-state index >= 15 is 0 Å². The lowest BCUT2D eigenvalue weighted by atomic mass is 10.0. The maximum Gasteiger partial charge on any atom is 0.129 e. The van der Waals surface area contributed by atoms with Gasteiger partial charge in [-0.1, -0.05) is 6.07 Å². The largest absolute Gasteiger partial charge is 0.396 e. The van der Waals surface area contributed by atoms with Gasteiger partial charge in [0.2, 0.25) is 0 Å². The van der Waals surface area contributed by atoms with E-state index in [2.05, 4.69) is 0 Å². The minimum absolute atomic E-state index is 0.0229. The SMILES string of the molecule is CSc1ccc(C(N)CCO)c(F)c1. The van der Waals surface area contributed by atoms with Crippen molar-refractivity contribution in [2.24, 2.45) is 5.73 Å². The molecular formula is C10H14FNOS. The minimum atomic E-state index is -0.420. The second kappa shape index (κ2) is 5.34. The van der Waals surface area contributed by atoms with Gasteiger partial charge in [-0.2, -0.15) is 0 Å². The van der Waals surface area contributed by atoms with Gasteiger partial charge in [0.25, 0.3) is 0 Å². The lowest BCUT2D eigenvalue weighted by molar-refractivity contribution is 0.275. The summed E-state index contributed by atoms with van der Waals surface area (Å²) in [5.41, 5.74) is 6.16. The molecule has 0 heterocycles. The molecule has 1 atom stereocenters. The zero-order valence-electron chi connectivity index (χ0n) is 8.03. The first-order chi connectivity index (χ1) is 6.69. The Balaban J connectivity index is 2.88. The summed E-state index contributed by atoms with van der Waals surface area (Å²) in [7, 11) is 0. The van der Waals surface area contributed by atoms with E-state index in [4.69, 9.17) is 10.8 Å². The molecule has 1 unspecified atom stereocenters. The molecule has 0 aliphatic rings. The van der Waals surface area contributed by atoms with Crippen molar-refractivity contribution in [1.82, 2.24) is 0 Å². The molecule has 0 spiro atoms. The van der Waals surface area contributed by atoms with Crippen LogP contribution in [0.1, 0.15) is 18.0 Å². The Morgan fingerprint density at radius 2 is 2.29 bits per heavy atom. The normalized spacial score (nSPS) is 12.9. The average Bonchev–Trinajstić information content (AvgIpc) is 2.17. The summed E-state index contributed by atoms with van der Waals surface area (Å²) in [5, 5.41) is 8.68. The first-order valence-electron chi connectivity index (χ1n) is 4.39. The third-order valence-electron chi connectivity index (χ3n) is 2.05. The van der Waals surface area contributed by atoms with Gasteiger partial charge in [-0.25, -0.2) is 4.39 Å². The highest BCUT2D eigenvalue weighted by Gasteiger charge is 2.10. The van der Waals surface area contributed by atoms with Crippen LogP contribution >= 0.6 is 11.8 Å². The second-order valence-corrected chi connectivity index (χ2v) is 3.89. The van der Waals surface area contributed by atoms with E-state index in [0.717, 1.165) is 4.90 Å². The van der Waals surface area contributed by atoms with Crippen LogP contribution in [0.15, 0.2) is 23.1 Å². The Bertz CT molecular complexity index is 306. The molecule has 78 valence electrons. The molecule has 0 radical (unpaired) electrons. The molecule has 0 aromatic heterocycles. The zero-order chi connectivity index (χ0) is 10.6. The van der Waals surface area contributed by atoms with Crippen LogP contribution in [0.4, 0.5) is 4.39 Å². The van der Waals surface area contributed by atoms with E-state index in [0.29, 0.717) is 12.0 Å². The molecule has 0 fully saturated rings. The number of benzene rings is 1. The van der Waals surface area contributed by atoms with Crippen molar-refractivity contribution < 1.29 is 9.50 Å². The predicted molar refractivity (Wildman–Crippen MR) is 56.8 cm³/mol. The van der Waals surface area contributed by atoms with Gasteiger partial charge >= 0.3 is 0 Å². The topological polar surface area (TPSA) is 46.2 Å². The molecule has 2 nitrogen and oxygen atoms in total. The highest BCUT2D eigenvalue weighted by Crippen LogP contribution is 2.22. The van der Waals surface area contributed by atoms with E-state index in [1.165, 1.54) is 17.8 Å². The van der Waals surface area contributed by atoms with Crippen LogP contribution in [0, 0.1) is 5.82 Å². The van der Waals surface area contributed by atoms with Gasteiger partial charge in [-0.05, 0) is 24.8 Å². The summed E-state index contributed by atoms with van der Waals surface area (Å²) in [5.74, 6) is -0.294. The molecule has 14 heavy (non-hydrogen) atoms. The number of rotatable bonds is 4. The molecule has 1 aromatic rings. The Morgan fingerprint density at radius 1 is 1.57 bits per heavy atom. The van der Waals surface area contributed by atoms with Crippen molar-refractivity contribution in [3.8, 4) is 0 Å². The number of aliphatic hydroxyl groups excluding tert-OH is 1. The van der Waals surface area contributed by atoms with Crippen LogP contribution in [0.5, 0.6) is 0 Å². The van der Waals surface area contributed by atoms with Crippen LogP contribution in [0.3, 0.4) is 0 Å². The fraction of sp³-hybridized carbons (Fsp3) is 0.400. The average molecular weight is 215 g/mol. The fourth-order valence-corrected chi connectivity index (χ4v) is 1.66. The Kier molecular flexibility index (Phi) is 4.38. The lowest BCUT2D eigenvalue weighted by Crippen LogP contribution is -2.13. The quantitative estimate of drug-likeness (QED) is 0.754. The number of thioether (sulfide) groups is 1. The van der Waals surface area contributed by atoms with Gasteiger partial charge in [-0.15, -0.1) is 11.8 Å². The third-order valence-corrected chi connectivity index (χ3v) is 2.77. The monoisotopic (exact) mass is 215 g/mol. The van der Waals surface area contributed by atoms with Gasteiger partial charge in [0.15, 0.2) is 0 Å². The van der Waals surface area contributed by atoms with Crippen molar-refractivity contribution in [3.63, 3.8) is 0 Å². The summed E-state index contributed by atoms with van der Waals surface area (Å²) >= 11 is 1.49. The van der Waals surface area contributed by atoms with Crippen molar-refractivity contribution in [2.75, 3.05) is 12.9 Å². The van der Waals surface area contributed by atoms with E-state index in [1.54, 1.807) is 6.07 Å². The molecule has 0 bridgehead atoms. The van der Waals surface area contributed by atoms with Crippen molar-refractivity contribution in [3.05, 3.63) is 29.6 Å². The van der Waals surface area contributed by atoms with Gasteiger partial charge < -0.3 is 10.8 Å². The van der Waals surface area contributed by atoms with E-state index < -0.39 is 6.04 Å². The third kappa shape index (κ3) is 2.70. The van der Waals surface area contributed by atoms with Crippen LogP contribution in [0.25, 0.3) is 0 Å². The van der Waals surface area contributed by atoms with Crippen LogP contribution in [-0.4, -0.2) is 18.0 Å². The molecule has 0 saturated carbocycles. The predicted octanol–water partition coefficient (Wildman–Crippen LogP) is 1.93. The summed E-state index contributed by atoms with van der Waals surface area (Å²) in [6, 6.07) is 4.56. The van der Waals surface area contributed by atoms with Gasteiger partial charge in [0.05, 0.1) is 0 Å². The molecule has 0 aliphatic heterocycles. The molecule has 0 aliphatic carbocycles. The zero-order valence-corrected chi connectivity index (χ0v) is 8.85. The molecule has 1 rings (SSSR count). The Morgan fingerprint density at radius 3 is 2.79 bits per heavy atom. The Hall–Kier alpha value is -0.580. The minimum Gasteiger partial charge on any atom is -0.396 e. The molecule has 3 N–H and O–H groups in total. The molecule has 4 heteroatoms. The highest BCUT2D eigenvalue weighted by molar-refractivity contribution is 7.98. The van der Waals surface area contributed by atoms with Crippen molar-refractivity contribution in [1.29, 1.82) is 0 Å². The Labute approximate surface area is 87.3 Å². The number of hydrogen-bond acceptors (Lipinski definition) is 3. The maximum absolute atomic E-state index is 13.4. The fourth-order valence-electron chi connectivity index (χ4n) is 1.23. The van der Waals surface area contributed by atoms with Crippen LogP contribution < -0.4 is 5.73 Å². The summed E-state index contributed by atoms with van der Waals surface area (Å²) in [6.07, 6.45) is 2.28. The van der Waals surface area contributed by atoms with Crippen molar-refractivity contribution in [2.45, 2.75) is 17.4 Å². The highest BCUT2D eigenvalue weighted by atomic mass is 32.2. The second-order valence-electron chi connectivity index (χ2n) is 3.01. The van der Waals surface area contributed by atoms with Crippen molar-refractivity contribution >= 4 is 11.8 Å². The summed E-state index contributed by atoms with van der Waals surface area (Å²) < 4.78 is 13.4. The summed E-state index contributed by atoms with van der Waals surface area (Å²) in [4.78, 5) is 0.877. The smallest absolute Gasteiger partial charge is 0.129 e. The number of halogens is 1. The first-order valence-corrected chi connectivity index (χ1v) is 5.61. The molecule has 0 saturated heterocycles. The van der Waals surface area contributed by atoms with Crippen LogP contribution in [0.2, 0.25) is 0 Å². The standard InChI is InChI=1S/C10H14FNOS/c1-14-7-2-3-8(9(11)6-7)10(12)4-5-13/h2-3,6,10,13H,4-5,12H2,1H3. The lowest BCUT2D eigenvalue weighted by Gasteiger charge is -2.11. The van der Waals surface area contributed by atoms with Gasteiger partial charge in [-0.3, -0.25) is 0 Å². The maximum atomic E-state index is 13.4. The van der Waals surface area contributed by atoms with E-state index in [9.17, 15) is 4.39 Å². The van der Waals surface area contributed by atoms with E-state index in [1.807, 2.05) is 12.3 Å². The molecule has 1 aromatic carbocycles. The number of nitrogens with two attached hydrogens (primary N) is 1. The molecular weight excluding hydrogens is 201 g/mol. The summed E-state index contributed by atoms with van der Waals surface area (Å²) in [6.45, 7) is -0.0229. The van der Waals surface area contributed by atoms with E-state index in [-0.39, 0.29) is 12.4 Å². The number of aliphatic hydroxyl groups is 1. The van der Waals surface area contributed by atoms with Crippen LogP contribution in [-0.2, 0) is 0 Å². The van der Waals surface area contributed by atoms with Gasteiger partial charge in [0, 0.05) is 23.1 Å². The van der Waals surface area contributed by atoms with Gasteiger partial charge in [0.1, 0.15) is 5.82 Å². The first kappa shape index (κ1) is 11.5. The number of hydrogen-bond donors (Lipinski definition) is 2. The molecule has 0 amide bonds.